The second kappa shape index (κ2) is 4.24. The van der Waals surface area contributed by atoms with E-state index in [1.807, 2.05) is 16.7 Å². The van der Waals surface area contributed by atoms with E-state index < -0.39 is 0 Å². The van der Waals surface area contributed by atoms with Gasteiger partial charge in [-0.25, -0.2) is 4.98 Å². The van der Waals surface area contributed by atoms with Gasteiger partial charge in [0.25, 0.3) is 0 Å². The van der Waals surface area contributed by atoms with Crippen molar-refractivity contribution in [2.24, 2.45) is 0 Å². The Morgan fingerprint density at radius 2 is 2.15 bits per heavy atom. The van der Waals surface area contributed by atoms with Crippen LogP contribution in [0.4, 0.5) is 0 Å². The van der Waals surface area contributed by atoms with Crippen molar-refractivity contribution >= 4 is 38.6 Å². The summed E-state index contributed by atoms with van der Waals surface area (Å²) in [5.74, 6) is 0. The summed E-state index contributed by atoms with van der Waals surface area (Å²) in [5.41, 5.74) is 3.33. The van der Waals surface area contributed by atoms with E-state index in [-0.39, 0.29) is 17.0 Å². The third-order valence-electron chi connectivity index (χ3n) is 1.79. The highest BCUT2D eigenvalue weighted by Gasteiger charge is 1.98. The maximum atomic E-state index is 4.39. The minimum absolute atomic E-state index is 0. The zero-order valence-corrected chi connectivity index (χ0v) is 10.5. The molecule has 4 heteroatoms. The Morgan fingerprint density at radius 3 is 2.85 bits per heavy atom. The van der Waals surface area contributed by atoms with Gasteiger partial charge in [0, 0.05) is 17.7 Å². The maximum Gasteiger partial charge on any atom is 0.137 e. The van der Waals surface area contributed by atoms with Gasteiger partial charge >= 0.3 is 0 Å². The van der Waals surface area contributed by atoms with Crippen molar-refractivity contribution in [1.82, 2.24) is 9.38 Å². The van der Waals surface area contributed by atoms with Gasteiger partial charge in [-0.2, -0.15) is 0 Å². The Labute approximate surface area is 95.9 Å². The van der Waals surface area contributed by atoms with Gasteiger partial charge in [0.05, 0.1) is 5.69 Å². The first-order valence-corrected chi connectivity index (χ1v) is 4.92. The number of aromatic nitrogens is 2. The number of pyridine rings is 1. The molecule has 13 heavy (non-hydrogen) atoms. The number of alkyl halides is 1. The van der Waals surface area contributed by atoms with Crippen LogP contribution >= 0.6 is 32.9 Å². The molecule has 0 aliphatic rings. The zero-order chi connectivity index (χ0) is 8.55. The van der Waals surface area contributed by atoms with Crippen LogP contribution in [0.3, 0.4) is 0 Å². The van der Waals surface area contributed by atoms with Gasteiger partial charge in [0.2, 0.25) is 0 Å². The summed E-state index contributed by atoms with van der Waals surface area (Å²) in [7, 11) is 0. The lowest BCUT2D eigenvalue weighted by atomic mass is 10.3. The van der Waals surface area contributed by atoms with Gasteiger partial charge in [-0.15, -0.1) is 17.0 Å². The molecule has 0 aromatic carbocycles. The minimum atomic E-state index is 0. The minimum Gasteiger partial charge on any atom is -0.307 e. The van der Waals surface area contributed by atoms with E-state index in [0.717, 1.165) is 16.7 Å². The molecule has 2 heterocycles. The van der Waals surface area contributed by atoms with E-state index in [9.17, 15) is 0 Å². The first-order chi connectivity index (χ1) is 5.79. The second-order valence-corrected chi connectivity index (χ2v) is 3.40. The molecule has 0 bridgehead atoms. The molecule has 0 saturated carbocycles. The lowest BCUT2D eigenvalue weighted by Crippen LogP contribution is -1.82. The van der Waals surface area contributed by atoms with Gasteiger partial charge in [0.1, 0.15) is 5.65 Å². The third kappa shape index (κ3) is 2.11. The summed E-state index contributed by atoms with van der Waals surface area (Å²) in [6.07, 6.45) is 4.12. The highest BCUT2D eigenvalue weighted by molar-refractivity contribution is 9.08. The Morgan fingerprint density at radius 1 is 1.38 bits per heavy atom. The van der Waals surface area contributed by atoms with Crippen LogP contribution in [0.1, 0.15) is 11.3 Å². The third-order valence-corrected chi connectivity index (χ3v) is 2.36. The van der Waals surface area contributed by atoms with Crippen molar-refractivity contribution < 1.29 is 0 Å². The predicted molar refractivity (Wildman–Crippen MR) is 62.9 cm³/mol. The summed E-state index contributed by atoms with van der Waals surface area (Å²) in [4.78, 5) is 4.39. The van der Waals surface area contributed by atoms with Crippen molar-refractivity contribution in [2.45, 2.75) is 12.3 Å². The summed E-state index contributed by atoms with van der Waals surface area (Å²) >= 11 is 3.38. The van der Waals surface area contributed by atoms with Crippen molar-refractivity contribution in [3.63, 3.8) is 0 Å². The first kappa shape index (κ1) is 10.7. The topological polar surface area (TPSA) is 17.3 Å². The SMILES string of the molecule is Br.Cc1ccc2nc(CBr)cn2c1. The van der Waals surface area contributed by atoms with E-state index >= 15 is 0 Å². The maximum absolute atomic E-state index is 4.39. The predicted octanol–water partition coefficient (Wildman–Crippen LogP) is 3.12. The van der Waals surface area contributed by atoms with Crippen LogP contribution < -0.4 is 0 Å². The molecule has 0 saturated heterocycles. The summed E-state index contributed by atoms with van der Waals surface area (Å²) < 4.78 is 2.05. The number of nitrogens with zero attached hydrogens (tertiary/aromatic N) is 2. The van der Waals surface area contributed by atoms with E-state index in [1.54, 1.807) is 0 Å². The second-order valence-electron chi connectivity index (χ2n) is 2.84. The Bertz CT molecular complexity index is 409. The number of fused-ring (bicyclic) bond motifs is 1. The van der Waals surface area contributed by atoms with Gasteiger partial charge < -0.3 is 4.40 Å². The molecule has 0 radical (unpaired) electrons. The van der Waals surface area contributed by atoms with Gasteiger partial charge in [0.15, 0.2) is 0 Å². The average molecular weight is 306 g/mol. The Balaban J connectivity index is 0.000000845. The fourth-order valence-corrected chi connectivity index (χ4v) is 1.49. The molecule has 0 spiro atoms. The molecule has 2 rings (SSSR count). The fourth-order valence-electron chi connectivity index (χ4n) is 1.22. The largest absolute Gasteiger partial charge is 0.307 e. The van der Waals surface area contributed by atoms with Gasteiger partial charge in [-0.3, -0.25) is 0 Å². The number of imidazole rings is 1. The number of halogens is 2. The molecular formula is C9H10Br2N2. The molecular weight excluding hydrogens is 296 g/mol. The van der Waals surface area contributed by atoms with Crippen molar-refractivity contribution in [3.05, 3.63) is 35.8 Å². The lowest BCUT2D eigenvalue weighted by molar-refractivity contribution is 1.15. The fraction of sp³-hybridized carbons (Fsp3) is 0.222. The highest BCUT2D eigenvalue weighted by Crippen LogP contribution is 2.09. The number of hydrogen-bond donors (Lipinski definition) is 0. The van der Waals surface area contributed by atoms with Gasteiger partial charge in [-0.05, 0) is 18.6 Å². The summed E-state index contributed by atoms with van der Waals surface area (Å²) in [6.45, 7) is 2.08. The average Bonchev–Trinajstić information content (AvgIpc) is 2.46. The normalized spacial score (nSPS) is 10.0. The molecule has 2 nitrogen and oxygen atoms in total. The monoisotopic (exact) mass is 304 g/mol. The quantitative estimate of drug-likeness (QED) is 0.740. The molecule has 0 unspecified atom stereocenters. The molecule has 0 aliphatic heterocycles. The standard InChI is InChI=1S/C9H9BrN2.BrH/c1-7-2-3-9-11-8(4-10)6-12(9)5-7;/h2-3,5-6H,4H2,1H3;1H. The molecule has 0 aliphatic carbocycles. The van der Waals surface area contributed by atoms with Crippen LogP contribution in [-0.4, -0.2) is 9.38 Å². The van der Waals surface area contributed by atoms with E-state index in [1.165, 1.54) is 5.56 Å². The molecule has 0 atom stereocenters. The smallest absolute Gasteiger partial charge is 0.137 e. The Kier molecular flexibility index (Phi) is 3.50. The van der Waals surface area contributed by atoms with Crippen LogP contribution in [0.25, 0.3) is 5.65 Å². The van der Waals surface area contributed by atoms with Crippen molar-refractivity contribution in [2.75, 3.05) is 0 Å². The first-order valence-electron chi connectivity index (χ1n) is 3.80. The zero-order valence-electron chi connectivity index (χ0n) is 7.20. The molecule has 2 aromatic heterocycles. The Hall–Kier alpha value is -0.350. The van der Waals surface area contributed by atoms with Crippen LogP contribution in [0.5, 0.6) is 0 Å². The van der Waals surface area contributed by atoms with E-state index in [2.05, 4.69) is 40.1 Å². The van der Waals surface area contributed by atoms with E-state index in [0.29, 0.717) is 0 Å². The molecule has 0 N–H and O–H groups in total. The van der Waals surface area contributed by atoms with Crippen molar-refractivity contribution in [1.29, 1.82) is 0 Å². The van der Waals surface area contributed by atoms with Crippen molar-refractivity contribution in [3.8, 4) is 0 Å². The van der Waals surface area contributed by atoms with Crippen LogP contribution in [-0.2, 0) is 5.33 Å². The number of rotatable bonds is 1. The van der Waals surface area contributed by atoms with Crippen LogP contribution in [0, 0.1) is 6.92 Å². The van der Waals surface area contributed by atoms with Crippen LogP contribution in [0.2, 0.25) is 0 Å². The number of aryl methyl sites for hydroxylation is 1. The van der Waals surface area contributed by atoms with Crippen LogP contribution in [0.15, 0.2) is 24.5 Å². The number of hydrogen-bond acceptors (Lipinski definition) is 1. The van der Waals surface area contributed by atoms with Gasteiger partial charge in [-0.1, -0.05) is 22.0 Å². The lowest BCUT2D eigenvalue weighted by Gasteiger charge is -1.92. The summed E-state index contributed by atoms with van der Waals surface area (Å²) in [5, 5.41) is 0.813. The molecule has 0 amide bonds. The molecule has 70 valence electrons. The van der Waals surface area contributed by atoms with E-state index in [4.69, 9.17) is 0 Å². The summed E-state index contributed by atoms with van der Waals surface area (Å²) in [6, 6.07) is 4.10. The molecule has 2 aromatic rings. The highest BCUT2D eigenvalue weighted by atomic mass is 79.9. The molecule has 0 fully saturated rings.